The number of nitrogens with zero attached hydrogens (tertiary/aromatic N) is 4. The molecular weight excluding hydrogens is 1330 g/mol. The molecule has 102 heavy (non-hydrogen) atoms. The standard InChI is InChI=1S/C75H77FN10O15S/c1-8-75(53-30-58-67-51(37-85(58)70(94)52(53)39-99-73(75)97)66-55(81-60(87)27-18-40(2)3)26-25-48-42(5)54(76)31-56(83-67)65(48)66)101-72(96)49-17-13-12-16-45(49)36-84(6)74(98)100-38-44-20-22-46(23-21-44)80-62(89)35-79-69(93)57(28-43-14-10-9-11-15-43)82-63(90)34-77-61(88)33-78-68(92)50-29-47(24-19-41(50)4)86-64(91)32-59(102-7)71(86)95/h9-17,19-24,29-31,40,55,57,59H,8,18,25-28,32-39H2,1-7H3,(H,77,88)(H,78,92)(H,79,93)(H,80,89)(H,81,87)(H,82,90)/t55-,57-,59?,75-/m0/s1. The Morgan fingerprint density at radius 3 is 2.25 bits per heavy atom. The number of esters is 2. The summed E-state index contributed by atoms with van der Waals surface area (Å²) in [5, 5.41) is 16.2. The zero-order chi connectivity index (χ0) is 72.8. The van der Waals surface area contributed by atoms with Gasteiger partial charge in [0.1, 0.15) is 25.1 Å². The molecule has 6 N–H and O–H groups in total. The van der Waals surface area contributed by atoms with Crippen molar-refractivity contribution in [2.75, 3.05) is 43.2 Å². The largest absolute Gasteiger partial charge is 0.457 e. The smallest absolute Gasteiger partial charge is 0.410 e. The number of fused-ring (bicyclic) bond motifs is 5. The van der Waals surface area contributed by atoms with E-state index in [0.717, 1.165) is 21.4 Å². The van der Waals surface area contributed by atoms with Crippen LogP contribution in [0.2, 0.25) is 0 Å². The molecule has 530 valence electrons. The lowest BCUT2D eigenvalue weighted by Crippen LogP contribution is -2.52. The Bertz CT molecular complexity index is 4640. The van der Waals surface area contributed by atoms with Gasteiger partial charge in [0, 0.05) is 66.7 Å². The number of anilines is 2. The molecular formula is C75H77FN10O15S. The lowest BCUT2D eigenvalue weighted by molar-refractivity contribution is -0.173. The lowest BCUT2D eigenvalue weighted by Gasteiger charge is -2.35. The van der Waals surface area contributed by atoms with Gasteiger partial charge in [0.15, 0.2) is 0 Å². The zero-order valence-electron chi connectivity index (χ0n) is 57.3. The number of rotatable bonds is 25. The molecule has 2 aromatic heterocycles. The number of imide groups is 1. The molecule has 7 aromatic rings. The lowest BCUT2D eigenvalue weighted by atomic mass is 9.81. The first-order valence-corrected chi connectivity index (χ1v) is 34.8. The van der Waals surface area contributed by atoms with Gasteiger partial charge in [-0.25, -0.2) is 28.7 Å². The molecule has 5 heterocycles. The van der Waals surface area contributed by atoms with Crippen LogP contribution in [0.3, 0.4) is 0 Å². The number of benzene rings is 5. The fourth-order valence-electron chi connectivity index (χ4n) is 13.2. The Morgan fingerprint density at radius 2 is 1.53 bits per heavy atom. The number of amides is 9. The molecule has 11 rings (SSSR count). The van der Waals surface area contributed by atoms with E-state index in [2.05, 4.69) is 31.9 Å². The Kier molecular flexibility index (Phi) is 21.8. The minimum absolute atomic E-state index is 0.00590. The molecule has 1 saturated heterocycles. The summed E-state index contributed by atoms with van der Waals surface area (Å²) in [4.78, 5) is 169. The second-order valence-electron chi connectivity index (χ2n) is 26.1. The molecule has 0 spiro atoms. The summed E-state index contributed by atoms with van der Waals surface area (Å²) in [6.07, 6.45) is 2.87. The van der Waals surface area contributed by atoms with E-state index in [1.165, 1.54) is 46.5 Å². The third-order valence-corrected chi connectivity index (χ3v) is 19.7. The number of carbonyl (C=O) groups is 11. The van der Waals surface area contributed by atoms with E-state index in [-0.39, 0.29) is 78.7 Å². The molecule has 0 radical (unpaired) electrons. The summed E-state index contributed by atoms with van der Waals surface area (Å²) in [5.41, 5.74) is 4.12. The van der Waals surface area contributed by atoms with Gasteiger partial charge in [0.05, 0.1) is 71.2 Å². The minimum Gasteiger partial charge on any atom is -0.457 e. The van der Waals surface area contributed by atoms with E-state index in [9.17, 15) is 57.5 Å². The Hall–Kier alpha value is -11.1. The van der Waals surface area contributed by atoms with Gasteiger partial charge >= 0.3 is 18.0 Å². The van der Waals surface area contributed by atoms with Crippen molar-refractivity contribution in [2.45, 2.75) is 129 Å². The average Bonchev–Trinajstić information content (AvgIpc) is 1.48. The van der Waals surface area contributed by atoms with Crippen molar-refractivity contribution in [1.29, 1.82) is 0 Å². The van der Waals surface area contributed by atoms with Gasteiger partial charge in [0.2, 0.25) is 47.0 Å². The minimum atomic E-state index is -2.12. The van der Waals surface area contributed by atoms with Crippen LogP contribution >= 0.6 is 11.8 Å². The molecule has 5 aromatic carbocycles. The molecule has 1 unspecified atom stereocenters. The van der Waals surface area contributed by atoms with Gasteiger partial charge in [0.25, 0.3) is 11.5 Å². The van der Waals surface area contributed by atoms with E-state index in [1.54, 1.807) is 118 Å². The van der Waals surface area contributed by atoms with E-state index in [0.29, 0.717) is 87.6 Å². The summed E-state index contributed by atoms with van der Waals surface area (Å²) < 4.78 is 34.7. The predicted molar refractivity (Wildman–Crippen MR) is 375 cm³/mol. The molecule has 0 bridgehead atoms. The van der Waals surface area contributed by atoms with Crippen molar-refractivity contribution in [3.63, 3.8) is 0 Å². The number of carbonyl (C=O) groups excluding carboxylic acids is 11. The number of halogens is 1. The number of ether oxygens (including phenoxy) is 3. The Balaban J connectivity index is 0.677. The average molecular weight is 1410 g/mol. The third kappa shape index (κ3) is 15.3. The van der Waals surface area contributed by atoms with Crippen LogP contribution in [0.25, 0.3) is 22.3 Å². The number of hydrogen-bond donors (Lipinski definition) is 6. The first-order valence-electron chi connectivity index (χ1n) is 33.5. The first kappa shape index (κ1) is 72.2. The number of aryl methyl sites for hydroxylation is 2. The van der Waals surface area contributed by atoms with Crippen LogP contribution < -0.4 is 42.4 Å². The summed E-state index contributed by atoms with van der Waals surface area (Å²) in [7, 11) is 1.46. The van der Waals surface area contributed by atoms with Crippen LogP contribution in [0.4, 0.5) is 20.6 Å². The molecule has 4 aliphatic rings. The van der Waals surface area contributed by atoms with Crippen molar-refractivity contribution in [1.82, 2.24) is 41.0 Å². The Labute approximate surface area is 590 Å². The monoisotopic (exact) mass is 1410 g/mol. The fraction of sp³-hybridized carbons (Fsp3) is 0.347. The second kappa shape index (κ2) is 30.8. The molecule has 3 aliphatic heterocycles. The highest BCUT2D eigenvalue weighted by Crippen LogP contribution is 2.47. The van der Waals surface area contributed by atoms with Crippen molar-refractivity contribution in [2.24, 2.45) is 5.92 Å². The predicted octanol–water partition coefficient (Wildman–Crippen LogP) is 7.33. The number of cyclic esters (lactones) is 1. The van der Waals surface area contributed by atoms with Crippen LogP contribution in [0, 0.1) is 25.6 Å². The zero-order valence-corrected chi connectivity index (χ0v) is 58.1. The van der Waals surface area contributed by atoms with Crippen molar-refractivity contribution >= 4 is 99.3 Å². The molecule has 27 heteroatoms. The van der Waals surface area contributed by atoms with Crippen molar-refractivity contribution in [3.8, 4) is 11.4 Å². The quantitative estimate of drug-likeness (QED) is 0.0185. The van der Waals surface area contributed by atoms with Gasteiger partial charge in [-0.1, -0.05) is 87.5 Å². The van der Waals surface area contributed by atoms with Gasteiger partial charge in [-0.05, 0) is 127 Å². The summed E-state index contributed by atoms with van der Waals surface area (Å²) in [6.45, 7) is 6.79. The summed E-state index contributed by atoms with van der Waals surface area (Å²) >= 11 is 1.26. The maximum atomic E-state index is 15.7. The molecule has 4 atom stereocenters. The highest BCUT2D eigenvalue weighted by Gasteiger charge is 2.51. The van der Waals surface area contributed by atoms with Crippen LogP contribution in [0.5, 0.6) is 0 Å². The van der Waals surface area contributed by atoms with E-state index in [4.69, 9.17) is 19.2 Å². The normalized spacial score (nSPS) is 16.6. The summed E-state index contributed by atoms with van der Waals surface area (Å²) in [6, 6.07) is 27.3. The van der Waals surface area contributed by atoms with Crippen molar-refractivity contribution < 1.29 is 71.3 Å². The number of nitrogens with one attached hydrogen (secondary N) is 6. The Morgan fingerprint density at radius 1 is 0.804 bits per heavy atom. The number of pyridine rings is 2. The maximum Gasteiger partial charge on any atom is 0.410 e. The number of aromatic nitrogens is 2. The molecule has 1 fully saturated rings. The fourth-order valence-corrected chi connectivity index (χ4v) is 13.8. The number of hydrogen-bond acceptors (Lipinski definition) is 17. The summed E-state index contributed by atoms with van der Waals surface area (Å²) in [5.74, 6) is -6.34. The van der Waals surface area contributed by atoms with Gasteiger partial charge in [-0.2, -0.15) is 11.8 Å². The molecule has 9 amide bonds. The first-order chi connectivity index (χ1) is 48.9. The van der Waals surface area contributed by atoms with E-state index >= 15 is 4.39 Å². The van der Waals surface area contributed by atoms with Crippen LogP contribution in [-0.4, -0.2) is 124 Å². The van der Waals surface area contributed by atoms with Crippen LogP contribution in [0.15, 0.2) is 114 Å². The van der Waals surface area contributed by atoms with E-state index < -0.39 is 114 Å². The van der Waals surface area contributed by atoms with Crippen LogP contribution in [-0.2, 0) is 97.3 Å². The van der Waals surface area contributed by atoms with Gasteiger partial charge in [-0.15, -0.1) is 0 Å². The maximum absolute atomic E-state index is 15.7. The highest BCUT2D eigenvalue weighted by atomic mass is 32.2. The highest BCUT2D eigenvalue weighted by molar-refractivity contribution is 8.00. The van der Waals surface area contributed by atoms with Crippen molar-refractivity contribution in [3.05, 3.63) is 192 Å². The molecule has 25 nitrogen and oxygen atoms in total. The molecule has 0 saturated carbocycles. The number of thioether (sulfide) groups is 1. The van der Waals surface area contributed by atoms with Gasteiger partial charge in [-0.3, -0.25) is 43.2 Å². The van der Waals surface area contributed by atoms with E-state index in [1.807, 2.05) is 13.8 Å². The SMILES string of the molecule is CC[C@@]1(OC(=O)c2ccccc2CN(C)C(=O)OCc2ccc(NC(=O)CNC(=O)[C@H](Cc3ccccc3)NC(=O)CNC(=O)CNC(=O)c3cc(N4C(=O)CC(SC)C4=O)ccc3C)cc2)C(=O)OCc2c1cc1n(c2=O)Cc2c-1nc1cc(F)c(C)c3c1c2[C@@H](NC(=O)CCC(C)C)CC3. The third-order valence-electron chi connectivity index (χ3n) is 18.8. The van der Waals surface area contributed by atoms with Gasteiger partial charge < -0.3 is 55.6 Å². The molecule has 1 aliphatic carbocycles. The topological polar surface area (TPSA) is 329 Å². The second-order valence-corrected chi connectivity index (χ2v) is 27.1. The van der Waals surface area contributed by atoms with Crippen LogP contribution in [0.1, 0.15) is 135 Å².